The van der Waals surface area contributed by atoms with Gasteiger partial charge >= 0.3 is 0 Å². The van der Waals surface area contributed by atoms with Crippen molar-refractivity contribution < 1.29 is 9.84 Å². The van der Waals surface area contributed by atoms with Gasteiger partial charge in [0.2, 0.25) is 0 Å². The maximum Gasteiger partial charge on any atom is 0.0575 e. The van der Waals surface area contributed by atoms with Gasteiger partial charge in [-0.3, -0.25) is 0 Å². The standard InChI is InChI=1S/C11H22O2/c1-11(2,3)8-10(12)9-4-6-13-7-5-9/h9-10,12H,4-8H2,1-3H3. The highest BCUT2D eigenvalue weighted by molar-refractivity contribution is 4.76. The average molecular weight is 186 g/mol. The van der Waals surface area contributed by atoms with E-state index in [9.17, 15) is 5.11 Å². The molecule has 0 aromatic carbocycles. The fourth-order valence-electron chi connectivity index (χ4n) is 1.89. The van der Waals surface area contributed by atoms with Crippen LogP contribution in [0.5, 0.6) is 0 Å². The first-order valence-corrected chi connectivity index (χ1v) is 5.25. The van der Waals surface area contributed by atoms with Gasteiger partial charge in [0, 0.05) is 13.2 Å². The predicted molar refractivity (Wildman–Crippen MR) is 53.6 cm³/mol. The van der Waals surface area contributed by atoms with Gasteiger partial charge in [-0.15, -0.1) is 0 Å². The van der Waals surface area contributed by atoms with Gasteiger partial charge in [-0.2, -0.15) is 0 Å². The number of ether oxygens (including phenoxy) is 1. The molecule has 0 radical (unpaired) electrons. The van der Waals surface area contributed by atoms with E-state index >= 15 is 0 Å². The minimum atomic E-state index is -0.135. The molecule has 0 bridgehead atoms. The summed E-state index contributed by atoms with van der Waals surface area (Å²) in [7, 11) is 0. The summed E-state index contributed by atoms with van der Waals surface area (Å²) in [5.41, 5.74) is 0.234. The molecule has 0 aromatic heterocycles. The van der Waals surface area contributed by atoms with Crippen molar-refractivity contribution in [1.82, 2.24) is 0 Å². The normalized spacial score (nSPS) is 23.1. The number of aliphatic hydroxyl groups excluding tert-OH is 1. The summed E-state index contributed by atoms with van der Waals surface area (Å²) in [6, 6.07) is 0. The van der Waals surface area contributed by atoms with E-state index in [0.717, 1.165) is 32.5 Å². The maximum atomic E-state index is 9.95. The molecule has 0 aliphatic carbocycles. The van der Waals surface area contributed by atoms with E-state index in [2.05, 4.69) is 20.8 Å². The summed E-state index contributed by atoms with van der Waals surface area (Å²) >= 11 is 0. The molecule has 1 rings (SSSR count). The quantitative estimate of drug-likeness (QED) is 0.716. The first-order chi connectivity index (χ1) is 5.99. The molecule has 0 spiro atoms. The monoisotopic (exact) mass is 186 g/mol. The van der Waals surface area contributed by atoms with E-state index in [1.807, 2.05) is 0 Å². The first kappa shape index (κ1) is 11.0. The summed E-state index contributed by atoms with van der Waals surface area (Å²) in [4.78, 5) is 0. The topological polar surface area (TPSA) is 29.5 Å². The van der Waals surface area contributed by atoms with E-state index in [1.54, 1.807) is 0 Å². The van der Waals surface area contributed by atoms with Crippen molar-refractivity contribution in [2.75, 3.05) is 13.2 Å². The second kappa shape index (κ2) is 4.43. The molecule has 13 heavy (non-hydrogen) atoms. The summed E-state index contributed by atoms with van der Waals surface area (Å²) in [5, 5.41) is 9.95. The summed E-state index contributed by atoms with van der Waals surface area (Å²) in [6.45, 7) is 8.18. The number of hydrogen-bond acceptors (Lipinski definition) is 2. The second-order valence-electron chi connectivity index (χ2n) is 5.28. The van der Waals surface area contributed by atoms with Crippen LogP contribution >= 0.6 is 0 Å². The van der Waals surface area contributed by atoms with Crippen molar-refractivity contribution in [3.8, 4) is 0 Å². The van der Waals surface area contributed by atoms with Crippen molar-refractivity contribution in [3.05, 3.63) is 0 Å². The van der Waals surface area contributed by atoms with Crippen LogP contribution < -0.4 is 0 Å². The molecular formula is C11H22O2. The third-order valence-corrected chi connectivity index (χ3v) is 2.63. The predicted octanol–water partition coefficient (Wildman–Crippen LogP) is 2.21. The van der Waals surface area contributed by atoms with E-state index in [4.69, 9.17) is 4.74 Å². The van der Waals surface area contributed by atoms with Crippen LogP contribution in [-0.4, -0.2) is 24.4 Å². The number of aliphatic hydroxyl groups is 1. The van der Waals surface area contributed by atoms with Gasteiger partial charge in [-0.25, -0.2) is 0 Å². The van der Waals surface area contributed by atoms with Crippen molar-refractivity contribution in [2.24, 2.45) is 11.3 Å². The van der Waals surface area contributed by atoms with Crippen molar-refractivity contribution in [3.63, 3.8) is 0 Å². The zero-order valence-electron chi connectivity index (χ0n) is 9.05. The van der Waals surface area contributed by atoms with Gasteiger partial charge in [0.05, 0.1) is 6.10 Å². The maximum absolute atomic E-state index is 9.95. The zero-order valence-corrected chi connectivity index (χ0v) is 9.05. The molecule has 0 aromatic rings. The summed E-state index contributed by atoms with van der Waals surface area (Å²) in [6.07, 6.45) is 2.82. The van der Waals surface area contributed by atoms with Gasteiger partial charge in [0.15, 0.2) is 0 Å². The van der Waals surface area contributed by atoms with E-state index in [0.29, 0.717) is 5.92 Å². The van der Waals surface area contributed by atoms with Crippen LogP contribution in [0.4, 0.5) is 0 Å². The average Bonchev–Trinajstić information content (AvgIpc) is 2.03. The van der Waals surface area contributed by atoms with Gasteiger partial charge in [-0.05, 0) is 30.6 Å². The Morgan fingerprint density at radius 2 is 1.85 bits per heavy atom. The Labute approximate surface area is 81.3 Å². The lowest BCUT2D eigenvalue weighted by Gasteiger charge is -2.31. The SMILES string of the molecule is CC(C)(C)CC(O)C1CCOCC1. The van der Waals surface area contributed by atoms with Gasteiger partial charge in [0.1, 0.15) is 0 Å². The molecule has 1 aliphatic rings. The molecule has 1 N–H and O–H groups in total. The Morgan fingerprint density at radius 3 is 2.31 bits per heavy atom. The molecule has 1 atom stereocenters. The molecule has 2 heteroatoms. The van der Waals surface area contributed by atoms with Crippen LogP contribution in [0.2, 0.25) is 0 Å². The largest absolute Gasteiger partial charge is 0.393 e. The lowest BCUT2D eigenvalue weighted by atomic mass is 9.82. The fourth-order valence-corrected chi connectivity index (χ4v) is 1.89. The lowest BCUT2D eigenvalue weighted by Crippen LogP contribution is -2.30. The highest BCUT2D eigenvalue weighted by atomic mass is 16.5. The van der Waals surface area contributed by atoms with Gasteiger partial charge in [-0.1, -0.05) is 20.8 Å². The van der Waals surface area contributed by atoms with Crippen molar-refractivity contribution >= 4 is 0 Å². The molecule has 2 nitrogen and oxygen atoms in total. The smallest absolute Gasteiger partial charge is 0.0575 e. The fraction of sp³-hybridized carbons (Fsp3) is 1.00. The Morgan fingerprint density at radius 1 is 1.31 bits per heavy atom. The molecule has 0 amide bonds. The van der Waals surface area contributed by atoms with Gasteiger partial charge in [0.25, 0.3) is 0 Å². The Balaban J connectivity index is 2.33. The van der Waals surface area contributed by atoms with Crippen LogP contribution in [0.15, 0.2) is 0 Å². The zero-order chi connectivity index (χ0) is 9.90. The third kappa shape index (κ3) is 4.10. The van der Waals surface area contributed by atoms with Crippen molar-refractivity contribution in [1.29, 1.82) is 0 Å². The summed E-state index contributed by atoms with van der Waals surface area (Å²) < 4.78 is 5.27. The van der Waals surface area contributed by atoms with Gasteiger partial charge < -0.3 is 9.84 Å². The Bertz CT molecular complexity index is 143. The number of rotatable bonds is 2. The van der Waals surface area contributed by atoms with E-state index in [1.165, 1.54) is 0 Å². The van der Waals surface area contributed by atoms with Crippen LogP contribution in [-0.2, 0) is 4.74 Å². The minimum absolute atomic E-state index is 0.135. The molecule has 1 heterocycles. The third-order valence-electron chi connectivity index (χ3n) is 2.63. The first-order valence-electron chi connectivity index (χ1n) is 5.25. The molecule has 78 valence electrons. The molecule has 0 saturated carbocycles. The van der Waals surface area contributed by atoms with E-state index in [-0.39, 0.29) is 11.5 Å². The van der Waals surface area contributed by atoms with Crippen LogP contribution in [0, 0.1) is 11.3 Å². The Hall–Kier alpha value is -0.0800. The second-order valence-corrected chi connectivity index (χ2v) is 5.28. The van der Waals surface area contributed by atoms with Crippen molar-refractivity contribution in [2.45, 2.75) is 46.1 Å². The lowest BCUT2D eigenvalue weighted by molar-refractivity contribution is -0.00722. The van der Waals surface area contributed by atoms with E-state index < -0.39 is 0 Å². The van der Waals surface area contributed by atoms with Crippen LogP contribution in [0.3, 0.4) is 0 Å². The minimum Gasteiger partial charge on any atom is -0.393 e. The van der Waals surface area contributed by atoms with Crippen LogP contribution in [0.25, 0.3) is 0 Å². The molecule has 1 unspecified atom stereocenters. The Kier molecular flexibility index (Phi) is 3.74. The molecule has 1 saturated heterocycles. The molecule has 1 fully saturated rings. The summed E-state index contributed by atoms with van der Waals surface area (Å²) in [5.74, 6) is 0.466. The highest BCUT2D eigenvalue weighted by Crippen LogP contribution is 2.28. The highest BCUT2D eigenvalue weighted by Gasteiger charge is 2.25. The van der Waals surface area contributed by atoms with Crippen LogP contribution in [0.1, 0.15) is 40.0 Å². The molecule has 1 aliphatic heterocycles. The molecular weight excluding hydrogens is 164 g/mol. The number of hydrogen-bond donors (Lipinski definition) is 1.